The predicted molar refractivity (Wildman–Crippen MR) is 130 cm³/mol. The largest absolute Gasteiger partial charge is 0.375 e. The highest BCUT2D eigenvalue weighted by Crippen LogP contribution is 2.35. The minimum atomic E-state index is -1.48. The highest BCUT2D eigenvalue weighted by molar-refractivity contribution is 7.13. The van der Waals surface area contributed by atoms with Gasteiger partial charge in [-0.2, -0.15) is 5.10 Å². The molecule has 0 bridgehead atoms. The van der Waals surface area contributed by atoms with E-state index in [4.69, 9.17) is 4.98 Å². The Bertz CT molecular complexity index is 1350. The zero-order chi connectivity index (χ0) is 23.9. The number of likely N-dealkylation sites (tertiary alicyclic amines) is 1. The van der Waals surface area contributed by atoms with Crippen molar-refractivity contribution in [2.24, 2.45) is 7.05 Å². The van der Waals surface area contributed by atoms with Crippen molar-refractivity contribution >= 4 is 23.2 Å². The van der Waals surface area contributed by atoms with E-state index in [9.17, 15) is 9.90 Å². The molecule has 0 spiro atoms. The standard InChI is InChI=1S/C24H25N7O2S/c1-15(17-12-26-31(3)13-17)27-23-25-9-7-19(29-23)21-28-20(14-34-21)16-5-4-6-18(11-16)24(33)8-10-30(2)22(24)32/h4-7,9,11-15,33H,8,10H2,1-3H3,(H,25,27,29)/t15-,24-/m1/s1. The Kier molecular flexibility index (Phi) is 5.62. The quantitative estimate of drug-likeness (QED) is 0.441. The summed E-state index contributed by atoms with van der Waals surface area (Å²) in [5.41, 5.74) is 2.47. The highest BCUT2D eigenvalue weighted by atomic mass is 32.1. The first-order valence-electron chi connectivity index (χ1n) is 11.0. The number of rotatable bonds is 6. The number of nitrogens with zero attached hydrogens (tertiary/aromatic N) is 6. The highest BCUT2D eigenvalue weighted by Gasteiger charge is 2.45. The molecule has 9 nitrogen and oxygen atoms in total. The van der Waals surface area contributed by atoms with Crippen LogP contribution in [0.5, 0.6) is 0 Å². The maximum atomic E-state index is 12.5. The Hall–Kier alpha value is -3.63. The number of aliphatic hydroxyl groups is 1. The molecule has 2 atom stereocenters. The maximum absolute atomic E-state index is 12.5. The Morgan fingerprint density at radius 3 is 2.79 bits per heavy atom. The SMILES string of the molecule is C[C@@H](Nc1nccc(-c2nc(-c3cccc([C@]4(O)CCN(C)C4=O)c3)cs2)n1)c1cnn(C)c1. The molecular formula is C24H25N7O2S. The van der Waals surface area contributed by atoms with E-state index in [0.717, 1.165) is 27.5 Å². The number of nitrogens with one attached hydrogen (secondary N) is 1. The summed E-state index contributed by atoms with van der Waals surface area (Å²) in [6, 6.07) is 9.24. The third-order valence-corrected chi connectivity index (χ3v) is 6.96. The second-order valence-corrected chi connectivity index (χ2v) is 9.39. The summed E-state index contributed by atoms with van der Waals surface area (Å²) in [6.07, 6.45) is 5.86. The van der Waals surface area contributed by atoms with Crippen LogP contribution in [0.3, 0.4) is 0 Å². The van der Waals surface area contributed by atoms with E-state index in [2.05, 4.69) is 20.4 Å². The fourth-order valence-electron chi connectivity index (χ4n) is 4.07. The van der Waals surface area contributed by atoms with Gasteiger partial charge in [0.2, 0.25) is 5.95 Å². The van der Waals surface area contributed by atoms with Gasteiger partial charge in [-0.1, -0.05) is 18.2 Å². The van der Waals surface area contributed by atoms with Gasteiger partial charge in [-0.15, -0.1) is 11.3 Å². The summed E-state index contributed by atoms with van der Waals surface area (Å²) >= 11 is 1.48. The van der Waals surface area contributed by atoms with Crippen molar-refractivity contribution in [3.05, 3.63) is 65.4 Å². The molecule has 1 aromatic carbocycles. The van der Waals surface area contributed by atoms with Crippen LogP contribution in [0.2, 0.25) is 0 Å². The van der Waals surface area contributed by atoms with Crippen molar-refractivity contribution in [1.29, 1.82) is 0 Å². The van der Waals surface area contributed by atoms with Crippen LogP contribution in [0, 0.1) is 0 Å². The molecular weight excluding hydrogens is 450 g/mol. The molecule has 4 heterocycles. The normalized spacial score (nSPS) is 18.9. The summed E-state index contributed by atoms with van der Waals surface area (Å²) < 4.78 is 1.76. The zero-order valence-corrected chi connectivity index (χ0v) is 20.0. The van der Waals surface area contributed by atoms with Gasteiger partial charge >= 0.3 is 0 Å². The van der Waals surface area contributed by atoms with Gasteiger partial charge in [0.15, 0.2) is 5.60 Å². The van der Waals surface area contributed by atoms with Gasteiger partial charge in [0.1, 0.15) is 10.7 Å². The Morgan fingerprint density at radius 2 is 2.06 bits per heavy atom. The van der Waals surface area contributed by atoms with E-state index in [1.54, 1.807) is 28.9 Å². The van der Waals surface area contributed by atoms with Crippen molar-refractivity contribution in [3.8, 4) is 22.0 Å². The van der Waals surface area contributed by atoms with Crippen LogP contribution in [-0.4, -0.2) is 54.2 Å². The molecule has 0 aliphatic carbocycles. The van der Waals surface area contributed by atoms with Crippen LogP contribution in [0.1, 0.15) is 30.5 Å². The van der Waals surface area contributed by atoms with Gasteiger partial charge < -0.3 is 15.3 Å². The molecule has 4 aromatic rings. The smallest absolute Gasteiger partial charge is 0.258 e. The molecule has 1 saturated heterocycles. The number of hydrogen-bond donors (Lipinski definition) is 2. The number of anilines is 1. The molecule has 174 valence electrons. The van der Waals surface area contributed by atoms with Crippen LogP contribution < -0.4 is 5.32 Å². The number of aryl methyl sites for hydroxylation is 1. The second-order valence-electron chi connectivity index (χ2n) is 8.53. The van der Waals surface area contributed by atoms with Crippen molar-refractivity contribution in [1.82, 2.24) is 29.6 Å². The lowest BCUT2D eigenvalue weighted by molar-refractivity contribution is -0.143. The molecule has 34 heavy (non-hydrogen) atoms. The van der Waals surface area contributed by atoms with E-state index in [1.165, 1.54) is 11.3 Å². The van der Waals surface area contributed by atoms with Crippen molar-refractivity contribution < 1.29 is 9.90 Å². The molecule has 1 amide bonds. The molecule has 0 saturated carbocycles. The van der Waals surface area contributed by atoms with Gasteiger partial charge in [0.25, 0.3) is 5.91 Å². The number of amides is 1. The number of hydrogen-bond acceptors (Lipinski definition) is 8. The summed E-state index contributed by atoms with van der Waals surface area (Å²) in [4.78, 5) is 27.8. The lowest BCUT2D eigenvalue weighted by Gasteiger charge is -2.21. The average molecular weight is 476 g/mol. The minimum absolute atomic E-state index is 0.00157. The summed E-state index contributed by atoms with van der Waals surface area (Å²) in [5, 5.41) is 21.2. The first-order valence-corrected chi connectivity index (χ1v) is 11.8. The molecule has 0 unspecified atom stereocenters. The Morgan fingerprint density at radius 1 is 1.21 bits per heavy atom. The van der Waals surface area contributed by atoms with Gasteiger partial charge in [-0.3, -0.25) is 9.48 Å². The average Bonchev–Trinajstić information content (AvgIpc) is 3.57. The molecule has 5 rings (SSSR count). The van der Waals surface area contributed by atoms with E-state index < -0.39 is 5.60 Å². The maximum Gasteiger partial charge on any atom is 0.258 e. The molecule has 2 N–H and O–H groups in total. The van der Waals surface area contributed by atoms with Crippen LogP contribution in [0.4, 0.5) is 5.95 Å². The van der Waals surface area contributed by atoms with Gasteiger partial charge in [-0.25, -0.2) is 15.0 Å². The third-order valence-electron chi connectivity index (χ3n) is 6.09. The Balaban J connectivity index is 1.38. The predicted octanol–water partition coefficient (Wildman–Crippen LogP) is 3.22. The fraction of sp³-hybridized carbons (Fsp3) is 0.292. The topological polar surface area (TPSA) is 109 Å². The lowest BCUT2D eigenvalue weighted by Crippen LogP contribution is -2.36. The van der Waals surface area contributed by atoms with Crippen molar-refractivity contribution in [3.63, 3.8) is 0 Å². The van der Waals surface area contributed by atoms with Crippen LogP contribution in [0.15, 0.2) is 54.3 Å². The van der Waals surface area contributed by atoms with E-state index in [0.29, 0.717) is 24.5 Å². The number of aromatic nitrogens is 5. The molecule has 0 radical (unpaired) electrons. The third kappa shape index (κ3) is 4.06. The number of likely N-dealkylation sites (N-methyl/N-ethyl adjacent to an activating group) is 1. The van der Waals surface area contributed by atoms with Crippen LogP contribution in [-0.2, 0) is 17.4 Å². The number of benzene rings is 1. The summed E-state index contributed by atoms with van der Waals surface area (Å²) in [5.74, 6) is 0.240. The van der Waals surface area contributed by atoms with E-state index in [1.807, 2.05) is 56.0 Å². The molecule has 3 aromatic heterocycles. The van der Waals surface area contributed by atoms with Crippen LogP contribution >= 0.6 is 11.3 Å². The molecule has 1 aliphatic heterocycles. The monoisotopic (exact) mass is 475 g/mol. The first-order chi connectivity index (χ1) is 16.3. The minimum Gasteiger partial charge on any atom is -0.375 e. The molecule has 10 heteroatoms. The van der Waals surface area contributed by atoms with Crippen LogP contribution in [0.25, 0.3) is 22.0 Å². The van der Waals surface area contributed by atoms with Crippen molar-refractivity contribution in [2.75, 3.05) is 18.9 Å². The first kappa shape index (κ1) is 22.2. The molecule has 1 fully saturated rings. The van der Waals surface area contributed by atoms with E-state index in [-0.39, 0.29) is 11.9 Å². The molecule has 1 aliphatic rings. The van der Waals surface area contributed by atoms with Gasteiger partial charge in [0.05, 0.1) is 17.9 Å². The van der Waals surface area contributed by atoms with Gasteiger partial charge in [-0.05, 0) is 24.6 Å². The Labute approximate surface area is 201 Å². The zero-order valence-electron chi connectivity index (χ0n) is 19.1. The van der Waals surface area contributed by atoms with Crippen molar-refractivity contribution in [2.45, 2.75) is 25.0 Å². The summed E-state index contributed by atoms with van der Waals surface area (Å²) in [7, 11) is 3.59. The summed E-state index contributed by atoms with van der Waals surface area (Å²) in [6.45, 7) is 2.56. The number of carbonyl (C=O) groups is 1. The lowest BCUT2D eigenvalue weighted by atomic mass is 9.90. The fourth-order valence-corrected chi connectivity index (χ4v) is 4.87. The van der Waals surface area contributed by atoms with E-state index >= 15 is 0 Å². The number of carbonyl (C=O) groups excluding carboxylic acids is 1. The van der Waals surface area contributed by atoms with Gasteiger partial charge in [0, 0.05) is 56.0 Å². The second kappa shape index (κ2) is 8.62. The number of thiazole rings is 1.